The van der Waals surface area contributed by atoms with E-state index in [0.717, 1.165) is 11.1 Å². The first kappa shape index (κ1) is 19.2. The molecule has 1 fully saturated rings. The molecule has 0 unspecified atom stereocenters. The van der Waals surface area contributed by atoms with Crippen molar-refractivity contribution in [2.45, 2.75) is 12.1 Å². The van der Waals surface area contributed by atoms with Gasteiger partial charge in [-0.3, -0.25) is 8.19 Å². The van der Waals surface area contributed by atoms with Crippen LogP contribution in [-0.2, 0) is 10.0 Å². The van der Waals surface area contributed by atoms with Gasteiger partial charge in [0, 0.05) is 29.2 Å². The first-order valence-electron chi connectivity index (χ1n) is 7.93. The first-order valence-corrected chi connectivity index (χ1v) is 11.4. The topological polar surface area (TPSA) is 40.6 Å². The van der Waals surface area contributed by atoms with Crippen LogP contribution in [0.2, 0.25) is 10.0 Å². The Morgan fingerprint density at radius 1 is 1.00 bits per heavy atom. The Kier molecular flexibility index (Phi) is 5.82. The Morgan fingerprint density at radius 2 is 1.40 bits per heavy atom. The van der Waals surface area contributed by atoms with E-state index in [1.807, 2.05) is 48.5 Å². The number of nitrogens with zero attached hydrogens (tertiary/aromatic N) is 2. The number of hydrogen-bond acceptors (Lipinski definition) is 3. The Bertz CT molecular complexity index is 792. The van der Waals surface area contributed by atoms with E-state index in [4.69, 9.17) is 23.2 Å². The number of benzene rings is 2. The third-order valence-corrected chi connectivity index (χ3v) is 9.23. The molecule has 0 spiro atoms. The van der Waals surface area contributed by atoms with Crippen LogP contribution in [0.3, 0.4) is 0 Å². The Hall–Kier alpha value is -0.578. The van der Waals surface area contributed by atoms with Crippen LogP contribution in [0.25, 0.3) is 0 Å². The lowest BCUT2D eigenvalue weighted by molar-refractivity contribution is 0.0792. The zero-order valence-electron chi connectivity index (χ0n) is 14.1. The number of sulfonamides is 1. The molecule has 2 aromatic rings. The van der Waals surface area contributed by atoms with Crippen LogP contribution in [0.1, 0.15) is 17.2 Å². The molecule has 0 aromatic heterocycles. The molecule has 3 rings (SSSR count). The fraction of sp³-hybridized carbons (Fsp3) is 0.294. The minimum atomic E-state index is -3.12. The van der Waals surface area contributed by atoms with Gasteiger partial charge < -0.3 is 0 Å². The second kappa shape index (κ2) is 7.58. The molecular weight excluding hydrogens is 394 g/mol. The van der Waals surface area contributed by atoms with E-state index in [2.05, 4.69) is 4.90 Å². The predicted molar refractivity (Wildman–Crippen MR) is 105 cm³/mol. The number of hydrogen-bond donors (Lipinski definition) is 0. The van der Waals surface area contributed by atoms with Gasteiger partial charge in [-0.25, -0.2) is 8.42 Å². The Labute approximate surface area is 167 Å². The Morgan fingerprint density at radius 3 is 1.76 bits per heavy atom. The van der Waals surface area contributed by atoms with Crippen LogP contribution in [0, 0.1) is 0 Å². The molecule has 1 saturated heterocycles. The fourth-order valence-electron chi connectivity index (χ4n) is 3.10. The molecule has 1 aliphatic rings. The monoisotopic (exact) mass is 412 g/mol. The summed E-state index contributed by atoms with van der Waals surface area (Å²) in [4.78, 5) is 2.28. The minimum absolute atomic E-state index is 0.0559. The first-order chi connectivity index (χ1) is 11.8. The summed E-state index contributed by atoms with van der Waals surface area (Å²) in [5, 5.41) is 1.39. The van der Waals surface area contributed by atoms with E-state index in [1.54, 1.807) is 3.29 Å². The van der Waals surface area contributed by atoms with Crippen molar-refractivity contribution >= 4 is 49.7 Å². The second-order valence-electron chi connectivity index (χ2n) is 6.39. The van der Waals surface area contributed by atoms with Gasteiger partial charge in [-0.15, -0.1) is 0 Å². The van der Waals surface area contributed by atoms with Crippen LogP contribution in [0.15, 0.2) is 48.5 Å². The molecule has 1 aliphatic heterocycles. The molecule has 4 nitrogen and oxygen atoms in total. The largest absolute Gasteiger partial charge is 0.344 e. The second-order valence-corrected chi connectivity index (χ2v) is 10.9. The van der Waals surface area contributed by atoms with Crippen molar-refractivity contribution in [3.63, 3.8) is 0 Å². The summed E-state index contributed by atoms with van der Waals surface area (Å²) in [6.07, 6.45) is 1.28. The molecule has 2 aromatic carbocycles. The van der Waals surface area contributed by atoms with Crippen LogP contribution in [-0.4, -0.2) is 58.5 Å². The molecule has 25 heavy (non-hydrogen) atoms. The molecule has 0 saturated carbocycles. The number of likely N-dealkylation sites (tertiary alicyclic amines) is 1. The van der Waals surface area contributed by atoms with E-state index >= 15 is 0 Å². The van der Waals surface area contributed by atoms with Gasteiger partial charge in [0.2, 0.25) is 0 Å². The van der Waals surface area contributed by atoms with Crippen LogP contribution in [0.5, 0.6) is 0 Å². The lowest BCUT2D eigenvalue weighted by Gasteiger charge is -2.48. The Balaban J connectivity index is 1.86. The van der Waals surface area contributed by atoms with Crippen molar-refractivity contribution in [3.8, 4) is 0 Å². The van der Waals surface area contributed by atoms with Gasteiger partial charge in [0.15, 0.2) is 10.0 Å². The highest BCUT2D eigenvalue weighted by Crippen LogP contribution is 2.34. The summed E-state index contributed by atoms with van der Waals surface area (Å²) < 4.78 is 25.1. The quantitative estimate of drug-likeness (QED) is 0.708. The van der Waals surface area contributed by atoms with E-state index in [1.165, 1.54) is 6.26 Å². The molecule has 0 aliphatic carbocycles. The zero-order chi connectivity index (χ0) is 18.2. The van der Waals surface area contributed by atoms with Gasteiger partial charge in [-0.1, -0.05) is 47.5 Å². The van der Waals surface area contributed by atoms with Gasteiger partial charge in [-0.05, 0) is 35.4 Å². The molecule has 0 atom stereocenters. The maximum Gasteiger partial charge on any atom is 0.344 e. The summed E-state index contributed by atoms with van der Waals surface area (Å²) in [5.41, 5.74) is 2.26. The predicted octanol–water partition coefficient (Wildman–Crippen LogP) is 2.58. The van der Waals surface area contributed by atoms with Crippen LogP contribution >= 0.6 is 23.2 Å². The van der Waals surface area contributed by atoms with E-state index in [9.17, 15) is 8.42 Å². The van der Waals surface area contributed by atoms with Gasteiger partial charge >= 0.3 is 16.5 Å². The van der Waals surface area contributed by atoms with Crippen molar-refractivity contribution in [2.24, 2.45) is 0 Å². The molecule has 1 heterocycles. The van der Waals surface area contributed by atoms with Crippen molar-refractivity contribution in [1.29, 1.82) is 0 Å². The SMILES string of the molecule is CS(=O)(=O)[N]([AlH2])C1CN(C(c2ccc(Cl)cc2)c2ccc(Cl)cc2)C1. The van der Waals surface area contributed by atoms with Crippen molar-refractivity contribution in [3.05, 3.63) is 69.7 Å². The molecule has 8 heteroatoms. The van der Waals surface area contributed by atoms with Crippen molar-refractivity contribution in [1.82, 2.24) is 8.19 Å². The van der Waals surface area contributed by atoms with Crippen molar-refractivity contribution < 1.29 is 8.42 Å². The van der Waals surface area contributed by atoms with E-state index < -0.39 is 10.0 Å². The van der Waals surface area contributed by atoms with Gasteiger partial charge in [-0.2, -0.15) is 0 Å². The van der Waals surface area contributed by atoms with Crippen molar-refractivity contribution in [2.75, 3.05) is 19.3 Å². The smallest absolute Gasteiger partial charge is 0.289 e. The third kappa shape index (κ3) is 4.40. The zero-order valence-corrected chi connectivity index (χ0v) is 18.4. The fourth-order valence-corrected chi connectivity index (χ4v) is 4.36. The molecule has 132 valence electrons. The molecule has 0 radical (unpaired) electrons. The maximum absolute atomic E-state index is 11.8. The molecule has 0 amide bonds. The molecule has 0 N–H and O–H groups in total. The summed E-state index contributed by atoms with van der Waals surface area (Å²) in [7, 11) is -3.12. The average molecular weight is 413 g/mol. The van der Waals surface area contributed by atoms with Gasteiger partial charge in [0.05, 0.1) is 12.3 Å². The highest BCUT2D eigenvalue weighted by Gasteiger charge is 2.37. The number of halogens is 2. The molecular formula is C17H19AlCl2N2O2S. The normalized spacial score (nSPS) is 16.4. The van der Waals surface area contributed by atoms with Gasteiger partial charge in [0.25, 0.3) is 0 Å². The lowest BCUT2D eigenvalue weighted by atomic mass is 9.93. The van der Waals surface area contributed by atoms with Crippen LogP contribution < -0.4 is 0 Å². The summed E-state index contributed by atoms with van der Waals surface area (Å²) in [6.45, 7) is 1.43. The summed E-state index contributed by atoms with van der Waals surface area (Å²) >= 11 is 12.6. The summed E-state index contributed by atoms with van der Waals surface area (Å²) in [6, 6.07) is 15.7. The van der Waals surface area contributed by atoms with E-state index in [0.29, 0.717) is 39.6 Å². The molecule has 0 bridgehead atoms. The summed E-state index contributed by atoms with van der Waals surface area (Å²) in [5.74, 6) is 0. The van der Waals surface area contributed by atoms with E-state index in [-0.39, 0.29) is 12.1 Å². The highest BCUT2D eigenvalue weighted by molar-refractivity contribution is 7.89. The maximum atomic E-state index is 11.8. The van der Waals surface area contributed by atoms with Gasteiger partial charge in [0.1, 0.15) is 0 Å². The highest BCUT2D eigenvalue weighted by atomic mass is 35.5. The lowest BCUT2D eigenvalue weighted by Crippen LogP contribution is -2.60. The minimum Gasteiger partial charge on any atom is -0.289 e. The number of rotatable bonds is 5. The van der Waals surface area contributed by atoms with Crippen LogP contribution in [0.4, 0.5) is 0 Å². The standard InChI is InChI=1S/C17H17Cl2N2O2S.Al.2H/c1-24(22,23)20-16-10-21(11-16)17(12-2-6-14(18)7-3-12)13-4-8-15(19)9-5-13;;;/h2-9,16-17H,10-11H2,1H3;;;/q-1;+1;;. The third-order valence-electron chi connectivity index (χ3n) is 4.66. The average Bonchev–Trinajstić information content (AvgIpc) is 2.51.